The number of carbonyl (C=O) groups is 2. The highest BCUT2D eigenvalue weighted by atomic mass is 79.9. The predicted octanol–water partition coefficient (Wildman–Crippen LogP) is 4.11. The van der Waals surface area contributed by atoms with Crippen LogP contribution in [0.4, 0.5) is 5.69 Å². The van der Waals surface area contributed by atoms with Gasteiger partial charge in [-0.3, -0.25) is 9.59 Å². The van der Waals surface area contributed by atoms with Crippen molar-refractivity contribution in [3.8, 4) is 11.5 Å². The first-order chi connectivity index (χ1) is 13.9. The number of hydrogen-bond acceptors (Lipinski definition) is 5. The molecule has 154 valence electrons. The number of benzene rings is 2. The molecule has 2 aromatic carbocycles. The summed E-state index contributed by atoms with van der Waals surface area (Å²) in [6, 6.07) is 12.6. The smallest absolute Gasteiger partial charge is 0.240 e. The van der Waals surface area contributed by atoms with Gasteiger partial charge in [-0.05, 0) is 61.9 Å². The van der Waals surface area contributed by atoms with Crippen molar-refractivity contribution in [2.75, 3.05) is 12.4 Å². The van der Waals surface area contributed by atoms with Gasteiger partial charge in [0.1, 0.15) is 0 Å². The van der Waals surface area contributed by atoms with E-state index in [2.05, 4.69) is 31.8 Å². The molecule has 2 aromatic rings. The van der Waals surface area contributed by atoms with Crippen LogP contribution in [0.25, 0.3) is 0 Å². The summed E-state index contributed by atoms with van der Waals surface area (Å²) in [7, 11) is 1.56. The Labute approximate surface area is 178 Å². The number of rotatable bonds is 9. The molecule has 0 fully saturated rings. The number of carbonyl (C=O) groups excluding carboxylic acids is 2. The first-order valence-corrected chi connectivity index (χ1v) is 9.88. The Morgan fingerprint density at radius 1 is 1.07 bits per heavy atom. The normalized spacial score (nSPS) is 10.8. The second-order valence-electron chi connectivity index (χ2n) is 6.43. The minimum absolute atomic E-state index is 0.0312. The summed E-state index contributed by atoms with van der Waals surface area (Å²) in [4.78, 5) is 23.8. The molecule has 2 N–H and O–H groups in total. The maximum Gasteiger partial charge on any atom is 0.240 e. The fraction of sp³-hybridized carbons (Fsp3) is 0.286. The molecule has 0 heterocycles. The number of amides is 2. The van der Waals surface area contributed by atoms with Crippen LogP contribution in [0.1, 0.15) is 32.3 Å². The zero-order chi connectivity index (χ0) is 21.2. The average Bonchev–Trinajstić information content (AvgIpc) is 2.69. The molecular weight excluding hydrogens is 438 g/mol. The highest BCUT2D eigenvalue weighted by Crippen LogP contribution is 2.28. The van der Waals surface area contributed by atoms with Crippen molar-refractivity contribution in [2.45, 2.75) is 32.8 Å². The van der Waals surface area contributed by atoms with E-state index >= 15 is 0 Å². The minimum atomic E-state index is -0.348. The van der Waals surface area contributed by atoms with Gasteiger partial charge >= 0.3 is 0 Å². The third-order valence-electron chi connectivity index (χ3n) is 3.66. The van der Waals surface area contributed by atoms with Gasteiger partial charge in [0, 0.05) is 23.0 Å². The van der Waals surface area contributed by atoms with Gasteiger partial charge in [-0.25, -0.2) is 5.43 Å². The second-order valence-corrected chi connectivity index (χ2v) is 7.34. The number of methoxy groups -OCH3 is 1. The van der Waals surface area contributed by atoms with Gasteiger partial charge in [-0.2, -0.15) is 5.10 Å². The predicted molar refractivity (Wildman–Crippen MR) is 117 cm³/mol. The van der Waals surface area contributed by atoms with Crippen LogP contribution in [0, 0.1) is 0 Å². The summed E-state index contributed by atoms with van der Waals surface area (Å²) in [6.07, 6.45) is 1.63. The third-order valence-corrected chi connectivity index (χ3v) is 4.19. The van der Waals surface area contributed by atoms with Gasteiger partial charge in [0.25, 0.3) is 0 Å². The van der Waals surface area contributed by atoms with Gasteiger partial charge in [0.05, 0.1) is 19.4 Å². The monoisotopic (exact) mass is 461 g/mol. The Kier molecular flexibility index (Phi) is 8.67. The standard InChI is InChI=1S/C21H24BrN3O4/c1-14(2)29-18-9-4-15(12-19(18)28-3)13-23-25-21(27)11-10-20(26)24-17-7-5-16(22)6-8-17/h4-9,12-14H,10-11H2,1-3H3,(H,24,26)(H,25,27)/b23-13-. The van der Waals surface area contributed by atoms with E-state index in [9.17, 15) is 9.59 Å². The van der Waals surface area contributed by atoms with Crippen molar-refractivity contribution < 1.29 is 19.1 Å². The van der Waals surface area contributed by atoms with E-state index in [1.54, 1.807) is 31.4 Å². The first kappa shape index (κ1) is 22.4. The van der Waals surface area contributed by atoms with Crippen molar-refractivity contribution in [1.82, 2.24) is 5.43 Å². The maximum absolute atomic E-state index is 11.9. The summed E-state index contributed by atoms with van der Waals surface area (Å²) in [6.45, 7) is 3.87. The van der Waals surface area contributed by atoms with Crippen molar-refractivity contribution in [1.29, 1.82) is 0 Å². The lowest BCUT2D eigenvalue weighted by molar-refractivity contribution is -0.124. The number of halogens is 1. The molecule has 0 atom stereocenters. The topological polar surface area (TPSA) is 89.0 Å². The second kappa shape index (κ2) is 11.2. The van der Waals surface area contributed by atoms with E-state index in [1.807, 2.05) is 32.0 Å². The number of ether oxygens (including phenoxy) is 2. The van der Waals surface area contributed by atoms with Crippen LogP contribution in [0.2, 0.25) is 0 Å². The largest absolute Gasteiger partial charge is 0.493 e. The van der Waals surface area contributed by atoms with E-state index in [1.165, 1.54) is 6.21 Å². The van der Waals surface area contributed by atoms with E-state index in [0.717, 1.165) is 10.0 Å². The van der Waals surface area contributed by atoms with Crippen molar-refractivity contribution >= 4 is 39.6 Å². The van der Waals surface area contributed by atoms with Crippen molar-refractivity contribution in [3.63, 3.8) is 0 Å². The Hall–Kier alpha value is -2.87. The number of hydrogen-bond donors (Lipinski definition) is 2. The fourth-order valence-corrected chi connectivity index (χ4v) is 2.60. The summed E-state index contributed by atoms with van der Waals surface area (Å²) < 4.78 is 11.9. The summed E-state index contributed by atoms with van der Waals surface area (Å²) in [5.41, 5.74) is 3.83. The van der Waals surface area contributed by atoms with Crippen LogP contribution in [-0.2, 0) is 9.59 Å². The van der Waals surface area contributed by atoms with Gasteiger partial charge in [0.2, 0.25) is 11.8 Å². The molecule has 0 radical (unpaired) electrons. The molecule has 0 saturated heterocycles. The Morgan fingerprint density at radius 2 is 1.76 bits per heavy atom. The van der Waals surface area contributed by atoms with Gasteiger partial charge in [0.15, 0.2) is 11.5 Å². The van der Waals surface area contributed by atoms with E-state index in [-0.39, 0.29) is 30.8 Å². The quantitative estimate of drug-likeness (QED) is 0.434. The molecule has 0 aliphatic rings. The molecule has 0 unspecified atom stereocenters. The molecule has 0 aliphatic carbocycles. The molecule has 0 saturated carbocycles. The van der Waals surface area contributed by atoms with E-state index in [4.69, 9.17) is 9.47 Å². The van der Waals surface area contributed by atoms with Gasteiger partial charge in [-0.15, -0.1) is 0 Å². The Bertz CT molecular complexity index is 867. The number of hydrazone groups is 1. The SMILES string of the molecule is COc1cc(/C=N\NC(=O)CCC(=O)Nc2ccc(Br)cc2)ccc1OC(C)C. The minimum Gasteiger partial charge on any atom is -0.493 e. The van der Waals surface area contributed by atoms with E-state index < -0.39 is 0 Å². The van der Waals surface area contributed by atoms with Crippen LogP contribution < -0.4 is 20.2 Å². The molecule has 2 amide bonds. The number of nitrogens with one attached hydrogen (secondary N) is 2. The molecule has 2 rings (SSSR count). The number of nitrogens with zero attached hydrogens (tertiary/aromatic N) is 1. The zero-order valence-electron chi connectivity index (χ0n) is 16.6. The van der Waals surface area contributed by atoms with Crippen LogP contribution in [0.15, 0.2) is 52.0 Å². The van der Waals surface area contributed by atoms with Crippen molar-refractivity contribution in [3.05, 3.63) is 52.5 Å². The van der Waals surface area contributed by atoms with Crippen LogP contribution in [-0.4, -0.2) is 31.2 Å². The van der Waals surface area contributed by atoms with Gasteiger partial charge < -0.3 is 14.8 Å². The Morgan fingerprint density at radius 3 is 2.41 bits per heavy atom. The summed E-state index contributed by atoms with van der Waals surface area (Å²) >= 11 is 3.33. The fourth-order valence-electron chi connectivity index (χ4n) is 2.33. The molecule has 0 bridgehead atoms. The summed E-state index contributed by atoms with van der Waals surface area (Å²) in [5.74, 6) is 0.634. The van der Waals surface area contributed by atoms with Crippen LogP contribution in [0.3, 0.4) is 0 Å². The Balaban J connectivity index is 1.80. The first-order valence-electron chi connectivity index (χ1n) is 9.09. The highest BCUT2D eigenvalue weighted by molar-refractivity contribution is 9.10. The molecule has 0 spiro atoms. The third kappa shape index (κ3) is 7.95. The number of anilines is 1. The highest BCUT2D eigenvalue weighted by Gasteiger charge is 2.08. The average molecular weight is 462 g/mol. The van der Waals surface area contributed by atoms with Crippen molar-refractivity contribution in [2.24, 2.45) is 5.10 Å². The lowest BCUT2D eigenvalue weighted by atomic mass is 10.2. The van der Waals surface area contributed by atoms with Gasteiger partial charge in [-0.1, -0.05) is 15.9 Å². The van der Waals surface area contributed by atoms with Crippen LogP contribution >= 0.6 is 15.9 Å². The lowest BCUT2D eigenvalue weighted by Gasteiger charge is -2.13. The molecular formula is C21H24BrN3O4. The maximum atomic E-state index is 11.9. The molecule has 8 heteroatoms. The van der Waals surface area contributed by atoms with E-state index in [0.29, 0.717) is 17.2 Å². The lowest BCUT2D eigenvalue weighted by Crippen LogP contribution is -2.20. The molecule has 0 aromatic heterocycles. The molecule has 29 heavy (non-hydrogen) atoms. The molecule has 7 nitrogen and oxygen atoms in total. The molecule has 0 aliphatic heterocycles. The zero-order valence-corrected chi connectivity index (χ0v) is 18.2. The van der Waals surface area contributed by atoms with Crippen LogP contribution in [0.5, 0.6) is 11.5 Å². The summed E-state index contributed by atoms with van der Waals surface area (Å²) in [5, 5.41) is 6.66.